The molecule has 4 heteroatoms. The molecule has 2 bridgehead atoms. The predicted octanol–water partition coefficient (Wildman–Crippen LogP) is 2.32. The van der Waals surface area contributed by atoms with Crippen LogP contribution >= 0.6 is 0 Å². The van der Waals surface area contributed by atoms with Crippen molar-refractivity contribution < 1.29 is 0 Å². The summed E-state index contributed by atoms with van der Waals surface area (Å²) >= 11 is 0. The SMILES string of the molecule is Nc1ccc(NC2CN3CCC2CC3)c2cccnc12. The summed E-state index contributed by atoms with van der Waals surface area (Å²) in [5, 5.41) is 4.87. The lowest BCUT2D eigenvalue weighted by Crippen LogP contribution is -2.53. The van der Waals surface area contributed by atoms with Crippen LogP contribution in [-0.2, 0) is 0 Å². The zero-order valence-corrected chi connectivity index (χ0v) is 11.5. The Morgan fingerprint density at radius 3 is 2.80 bits per heavy atom. The number of nitrogens with two attached hydrogens (primary N) is 1. The number of hydrogen-bond acceptors (Lipinski definition) is 4. The number of rotatable bonds is 2. The Hall–Kier alpha value is -1.81. The van der Waals surface area contributed by atoms with Crippen LogP contribution in [0.1, 0.15) is 12.8 Å². The molecule has 4 nitrogen and oxygen atoms in total. The summed E-state index contributed by atoms with van der Waals surface area (Å²) in [5.41, 5.74) is 8.84. The molecule has 104 valence electrons. The second-order valence-corrected chi connectivity index (χ2v) is 5.99. The summed E-state index contributed by atoms with van der Waals surface area (Å²) in [4.78, 5) is 6.97. The van der Waals surface area contributed by atoms with E-state index in [9.17, 15) is 0 Å². The molecule has 0 amide bonds. The number of nitrogens with zero attached hydrogens (tertiary/aromatic N) is 2. The quantitative estimate of drug-likeness (QED) is 0.821. The molecular weight excluding hydrogens is 248 g/mol. The third kappa shape index (κ3) is 1.91. The Balaban J connectivity index is 1.68. The summed E-state index contributed by atoms with van der Waals surface area (Å²) in [6.07, 6.45) is 4.45. The van der Waals surface area contributed by atoms with E-state index >= 15 is 0 Å². The van der Waals surface area contributed by atoms with Crippen LogP contribution in [-0.4, -0.2) is 35.6 Å². The van der Waals surface area contributed by atoms with Gasteiger partial charge in [0.25, 0.3) is 0 Å². The number of nitrogens with one attached hydrogen (secondary N) is 1. The molecular formula is C16H20N4. The van der Waals surface area contributed by atoms with Gasteiger partial charge in [0.15, 0.2) is 0 Å². The fourth-order valence-electron chi connectivity index (χ4n) is 3.65. The summed E-state index contributed by atoms with van der Waals surface area (Å²) in [6, 6.07) is 8.69. The predicted molar refractivity (Wildman–Crippen MR) is 82.7 cm³/mol. The van der Waals surface area contributed by atoms with Crippen LogP contribution in [0.25, 0.3) is 10.9 Å². The molecule has 3 fully saturated rings. The van der Waals surface area contributed by atoms with Gasteiger partial charge in [-0.1, -0.05) is 0 Å². The van der Waals surface area contributed by atoms with Crippen molar-refractivity contribution >= 4 is 22.3 Å². The van der Waals surface area contributed by atoms with Crippen LogP contribution in [0, 0.1) is 5.92 Å². The van der Waals surface area contributed by atoms with Gasteiger partial charge in [-0.2, -0.15) is 0 Å². The molecule has 0 saturated carbocycles. The Bertz CT molecular complexity index is 631. The number of aromatic nitrogens is 1. The van der Waals surface area contributed by atoms with E-state index in [2.05, 4.69) is 27.3 Å². The van der Waals surface area contributed by atoms with E-state index in [1.54, 1.807) is 6.20 Å². The van der Waals surface area contributed by atoms with Crippen LogP contribution in [0.2, 0.25) is 0 Å². The molecule has 20 heavy (non-hydrogen) atoms. The van der Waals surface area contributed by atoms with Crippen molar-refractivity contribution in [1.82, 2.24) is 9.88 Å². The second-order valence-electron chi connectivity index (χ2n) is 5.99. The van der Waals surface area contributed by atoms with Crippen molar-refractivity contribution in [2.75, 3.05) is 30.7 Å². The Morgan fingerprint density at radius 2 is 2.05 bits per heavy atom. The molecule has 2 aromatic rings. The average Bonchev–Trinajstić information content (AvgIpc) is 2.52. The van der Waals surface area contributed by atoms with Crippen molar-refractivity contribution in [3.8, 4) is 0 Å². The minimum absolute atomic E-state index is 0.560. The van der Waals surface area contributed by atoms with Crippen LogP contribution in [0.15, 0.2) is 30.5 Å². The number of pyridine rings is 1. The molecule has 0 aliphatic carbocycles. The highest BCUT2D eigenvalue weighted by Gasteiger charge is 2.34. The number of piperidine rings is 3. The Kier molecular flexibility index (Phi) is 2.77. The molecule has 1 atom stereocenters. The van der Waals surface area contributed by atoms with Gasteiger partial charge in [0.1, 0.15) is 0 Å². The van der Waals surface area contributed by atoms with Gasteiger partial charge in [-0.05, 0) is 56.1 Å². The van der Waals surface area contributed by atoms with E-state index in [1.807, 2.05) is 12.1 Å². The molecule has 0 spiro atoms. The lowest BCUT2D eigenvalue weighted by Gasteiger charge is -2.45. The van der Waals surface area contributed by atoms with Gasteiger partial charge >= 0.3 is 0 Å². The third-order valence-electron chi connectivity index (χ3n) is 4.80. The third-order valence-corrected chi connectivity index (χ3v) is 4.80. The van der Waals surface area contributed by atoms with Gasteiger partial charge in [-0.15, -0.1) is 0 Å². The number of benzene rings is 1. The normalized spacial score (nSPS) is 28.7. The summed E-state index contributed by atoms with van der Waals surface area (Å²) in [6.45, 7) is 3.70. The fraction of sp³-hybridized carbons (Fsp3) is 0.438. The van der Waals surface area contributed by atoms with E-state index in [4.69, 9.17) is 5.73 Å². The van der Waals surface area contributed by atoms with Gasteiger partial charge in [0.05, 0.1) is 11.2 Å². The van der Waals surface area contributed by atoms with Gasteiger partial charge in [-0.25, -0.2) is 0 Å². The first kappa shape index (κ1) is 12.0. The lowest BCUT2D eigenvalue weighted by atomic mass is 9.84. The highest BCUT2D eigenvalue weighted by atomic mass is 15.2. The molecule has 1 aromatic carbocycles. The summed E-state index contributed by atoms with van der Waals surface area (Å²) in [7, 11) is 0. The second kappa shape index (κ2) is 4.63. The van der Waals surface area contributed by atoms with Gasteiger partial charge in [-0.3, -0.25) is 4.98 Å². The maximum atomic E-state index is 6.02. The van der Waals surface area contributed by atoms with E-state index < -0.39 is 0 Å². The van der Waals surface area contributed by atoms with Crippen LogP contribution in [0.5, 0.6) is 0 Å². The zero-order valence-electron chi connectivity index (χ0n) is 11.5. The molecule has 3 aliphatic heterocycles. The number of hydrogen-bond donors (Lipinski definition) is 2. The molecule has 0 radical (unpaired) electrons. The average molecular weight is 268 g/mol. The van der Waals surface area contributed by atoms with Crippen molar-refractivity contribution in [2.45, 2.75) is 18.9 Å². The summed E-state index contributed by atoms with van der Waals surface area (Å²) < 4.78 is 0. The molecule has 4 heterocycles. The molecule has 5 rings (SSSR count). The zero-order chi connectivity index (χ0) is 13.5. The van der Waals surface area contributed by atoms with Crippen molar-refractivity contribution in [1.29, 1.82) is 0 Å². The highest BCUT2D eigenvalue weighted by molar-refractivity contribution is 5.98. The molecule has 3 saturated heterocycles. The maximum absolute atomic E-state index is 6.02. The van der Waals surface area contributed by atoms with Gasteiger partial charge in [0.2, 0.25) is 0 Å². The first-order chi connectivity index (χ1) is 9.81. The minimum atomic E-state index is 0.560. The molecule has 1 unspecified atom stereocenters. The Labute approximate surface area is 119 Å². The first-order valence-corrected chi connectivity index (χ1v) is 7.43. The Morgan fingerprint density at radius 1 is 1.20 bits per heavy atom. The number of anilines is 2. The van der Waals surface area contributed by atoms with Crippen LogP contribution in [0.4, 0.5) is 11.4 Å². The van der Waals surface area contributed by atoms with Gasteiger partial charge < -0.3 is 16.0 Å². The van der Waals surface area contributed by atoms with E-state index in [0.29, 0.717) is 6.04 Å². The number of fused-ring (bicyclic) bond motifs is 4. The standard InChI is InChI=1S/C16H20N4/c17-13-3-4-14(12-2-1-7-18-16(12)13)19-15-10-20-8-5-11(15)6-9-20/h1-4,7,11,15,19H,5-6,8-10,17H2. The maximum Gasteiger partial charge on any atom is 0.0951 e. The highest BCUT2D eigenvalue weighted by Crippen LogP contribution is 2.32. The van der Waals surface area contributed by atoms with Gasteiger partial charge in [0, 0.05) is 29.9 Å². The summed E-state index contributed by atoms with van der Waals surface area (Å²) in [5.74, 6) is 0.810. The topological polar surface area (TPSA) is 54.2 Å². The first-order valence-electron chi connectivity index (χ1n) is 7.43. The van der Waals surface area contributed by atoms with Crippen LogP contribution in [0.3, 0.4) is 0 Å². The number of nitrogen functional groups attached to an aromatic ring is 1. The van der Waals surface area contributed by atoms with E-state index in [0.717, 1.165) is 29.1 Å². The monoisotopic (exact) mass is 268 g/mol. The minimum Gasteiger partial charge on any atom is -0.397 e. The largest absolute Gasteiger partial charge is 0.397 e. The van der Waals surface area contributed by atoms with E-state index in [-0.39, 0.29) is 0 Å². The molecule has 3 aliphatic rings. The lowest BCUT2D eigenvalue weighted by molar-refractivity contribution is 0.0976. The van der Waals surface area contributed by atoms with Crippen molar-refractivity contribution in [2.24, 2.45) is 5.92 Å². The van der Waals surface area contributed by atoms with Crippen LogP contribution < -0.4 is 11.1 Å². The molecule has 1 aromatic heterocycles. The fourth-order valence-corrected chi connectivity index (χ4v) is 3.65. The smallest absolute Gasteiger partial charge is 0.0951 e. The van der Waals surface area contributed by atoms with Crippen molar-refractivity contribution in [3.05, 3.63) is 30.5 Å². The van der Waals surface area contributed by atoms with E-state index in [1.165, 1.54) is 31.6 Å². The molecule has 3 N–H and O–H groups in total. The van der Waals surface area contributed by atoms with Crippen molar-refractivity contribution in [3.63, 3.8) is 0 Å².